The Morgan fingerprint density at radius 3 is 2.17 bits per heavy atom. The van der Waals surface area contributed by atoms with Crippen molar-refractivity contribution in [3.8, 4) is 5.75 Å². The molecule has 0 aromatic heterocycles. The molecule has 3 rings (SSSR count). The zero-order valence-electron chi connectivity index (χ0n) is 23.8. The summed E-state index contributed by atoms with van der Waals surface area (Å²) in [7, 11) is -2.86. The van der Waals surface area contributed by atoms with E-state index in [1.54, 1.807) is 25.1 Å². The summed E-state index contributed by atoms with van der Waals surface area (Å²) in [6, 6.07) is 14.4. The van der Waals surface area contributed by atoms with Crippen LogP contribution in [-0.4, -0.2) is 51.4 Å². The van der Waals surface area contributed by atoms with Gasteiger partial charge in [0.15, 0.2) is 0 Å². The molecule has 0 heterocycles. The van der Waals surface area contributed by atoms with Crippen LogP contribution in [0.25, 0.3) is 0 Å². The maximum atomic E-state index is 14.1. The molecule has 8 nitrogen and oxygen atoms in total. The van der Waals surface area contributed by atoms with Crippen molar-refractivity contribution in [3.63, 3.8) is 0 Å². The highest BCUT2D eigenvalue weighted by atomic mass is 35.5. The molecule has 3 aromatic carbocycles. The number of nitrogens with one attached hydrogen (secondary N) is 1. The molecule has 0 fully saturated rings. The first-order chi connectivity index (χ1) is 19.9. The van der Waals surface area contributed by atoms with Gasteiger partial charge in [0.05, 0.1) is 27.7 Å². The van der Waals surface area contributed by atoms with Crippen molar-refractivity contribution in [2.45, 2.75) is 44.7 Å². The Hall–Kier alpha value is -3.34. The SMILES string of the molecule is CC[C@@H](C(=O)NCC(C)C)N(Cc1ccc(Cl)c(Cl)c1)C(=O)CN(c1ccc(F)cc1)S(=O)(=O)c1ccc(OC)cc1. The summed E-state index contributed by atoms with van der Waals surface area (Å²) in [5.74, 6) is -0.959. The summed E-state index contributed by atoms with van der Waals surface area (Å²) >= 11 is 12.3. The molecule has 0 radical (unpaired) electrons. The second kappa shape index (κ2) is 14.7. The average Bonchev–Trinajstić information content (AvgIpc) is 2.96. The molecule has 42 heavy (non-hydrogen) atoms. The standard InChI is InChI=1S/C30H34Cl2FN3O5S/c1-5-28(30(38)34-17-20(2)3)35(18-21-6-15-26(31)27(32)16-21)29(37)19-36(23-9-7-22(33)8-10-23)42(39,40)25-13-11-24(41-4)12-14-25/h6-16,20,28H,5,17-19H2,1-4H3,(H,34,38)/t28-/m0/s1. The number of methoxy groups -OCH3 is 1. The summed E-state index contributed by atoms with van der Waals surface area (Å²) in [4.78, 5) is 28.6. The number of carbonyl (C=O) groups is 2. The fraction of sp³-hybridized carbons (Fsp3) is 0.333. The third kappa shape index (κ3) is 8.36. The highest BCUT2D eigenvalue weighted by molar-refractivity contribution is 7.92. The molecule has 0 aliphatic carbocycles. The van der Waals surface area contributed by atoms with E-state index in [-0.39, 0.29) is 40.4 Å². The predicted octanol–water partition coefficient (Wildman–Crippen LogP) is 5.92. The maximum absolute atomic E-state index is 14.1. The second-order valence-electron chi connectivity index (χ2n) is 10.00. The van der Waals surface area contributed by atoms with E-state index in [0.29, 0.717) is 22.9 Å². The molecule has 12 heteroatoms. The number of anilines is 1. The molecule has 3 aromatic rings. The van der Waals surface area contributed by atoms with Crippen LogP contribution in [0.1, 0.15) is 32.8 Å². The topological polar surface area (TPSA) is 96.0 Å². The van der Waals surface area contributed by atoms with Gasteiger partial charge in [0.1, 0.15) is 24.2 Å². The zero-order valence-corrected chi connectivity index (χ0v) is 26.1. The molecule has 2 amide bonds. The van der Waals surface area contributed by atoms with Crippen LogP contribution >= 0.6 is 23.2 Å². The Morgan fingerprint density at radius 2 is 1.62 bits per heavy atom. The van der Waals surface area contributed by atoms with Crippen molar-refractivity contribution in [3.05, 3.63) is 88.2 Å². The molecule has 0 unspecified atom stereocenters. The van der Waals surface area contributed by atoms with Gasteiger partial charge in [-0.2, -0.15) is 0 Å². The molecule has 226 valence electrons. The number of sulfonamides is 1. The monoisotopic (exact) mass is 637 g/mol. The van der Waals surface area contributed by atoms with Crippen molar-refractivity contribution < 1.29 is 27.1 Å². The number of carbonyl (C=O) groups excluding carboxylic acids is 2. The first kappa shape index (κ1) is 33.2. The first-order valence-electron chi connectivity index (χ1n) is 13.3. The smallest absolute Gasteiger partial charge is 0.264 e. The number of halogens is 3. The molecule has 0 saturated heterocycles. The second-order valence-corrected chi connectivity index (χ2v) is 12.7. The van der Waals surface area contributed by atoms with Gasteiger partial charge in [-0.15, -0.1) is 0 Å². The predicted molar refractivity (Wildman–Crippen MR) is 163 cm³/mol. The van der Waals surface area contributed by atoms with Crippen molar-refractivity contribution in [1.29, 1.82) is 0 Å². The molecule has 1 atom stereocenters. The Kier molecular flexibility index (Phi) is 11.6. The number of benzene rings is 3. The highest BCUT2D eigenvalue weighted by Crippen LogP contribution is 2.27. The average molecular weight is 639 g/mol. The summed E-state index contributed by atoms with van der Waals surface area (Å²) in [5.41, 5.74) is 0.673. The molecule has 0 spiro atoms. The van der Waals surface area contributed by atoms with Gasteiger partial charge in [0.25, 0.3) is 10.0 Å². The number of nitrogens with zero attached hydrogens (tertiary/aromatic N) is 2. The zero-order chi connectivity index (χ0) is 31.0. The van der Waals surface area contributed by atoms with Gasteiger partial charge in [-0.05, 0) is 78.6 Å². The van der Waals surface area contributed by atoms with Crippen LogP contribution < -0.4 is 14.4 Å². The lowest BCUT2D eigenvalue weighted by molar-refractivity contribution is -0.140. The number of hydrogen-bond donors (Lipinski definition) is 1. The van der Waals surface area contributed by atoms with E-state index in [2.05, 4.69) is 5.32 Å². The summed E-state index contributed by atoms with van der Waals surface area (Å²) in [6.07, 6.45) is 0.263. The fourth-order valence-electron chi connectivity index (χ4n) is 4.19. The number of ether oxygens (including phenoxy) is 1. The Bertz CT molecular complexity index is 1490. The van der Waals surface area contributed by atoms with E-state index in [1.807, 2.05) is 13.8 Å². The van der Waals surface area contributed by atoms with Crippen LogP contribution in [0.3, 0.4) is 0 Å². The summed E-state index contributed by atoms with van der Waals surface area (Å²) < 4.78 is 47.6. The molecule has 0 bridgehead atoms. The normalized spacial score (nSPS) is 12.1. The third-order valence-electron chi connectivity index (χ3n) is 6.45. The van der Waals surface area contributed by atoms with Crippen LogP contribution in [0.4, 0.5) is 10.1 Å². The largest absolute Gasteiger partial charge is 0.497 e. The minimum atomic E-state index is -4.31. The first-order valence-corrected chi connectivity index (χ1v) is 15.5. The van der Waals surface area contributed by atoms with E-state index in [4.69, 9.17) is 27.9 Å². The lowest BCUT2D eigenvalue weighted by Gasteiger charge is -2.33. The van der Waals surface area contributed by atoms with Gasteiger partial charge in [0.2, 0.25) is 11.8 Å². The summed E-state index contributed by atoms with van der Waals surface area (Å²) in [6.45, 7) is 5.37. The minimum Gasteiger partial charge on any atom is -0.497 e. The fourth-order valence-corrected chi connectivity index (χ4v) is 5.92. The Balaban J connectivity index is 2.06. The van der Waals surface area contributed by atoms with Crippen molar-refractivity contribution in [1.82, 2.24) is 10.2 Å². The molecular weight excluding hydrogens is 604 g/mol. The van der Waals surface area contributed by atoms with Gasteiger partial charge in [-0.1, -0.05) is 50.0 Å². The van der Waals surface area contributed by atoms with Gasteiger partial charge in [-0.25, -0.2) is 12.8 Å². The van der Waals surface area contributed by atoms with Crippen LogP contribution in [-0.2, 0) is 26.2 Å². The molecule has 0 aliphatic rings. The van der Waals surface area contributed by atoms with Crippen molar-refractivity contribution in [2.75, 3.05) is 24.5 Å². The summed E-state index contributed by atoms with van der Waals surface area (Å²) in [5, 5.41) is 3.47. The maximum Gasteiger partial charge on any atom is 0.264 e. The quantitative estimate of drug-likeness (QED) is 0.251. The molecule has 0 saturated carbocycles. The highest BCUT2D eigenvalue weighted by Gasteiger charge is 2.34. The number of rotatable bonds is 13. The van der Waals surface area contributed by atoms with Crippen LogP contribution in [0.5, 0.6) is 5.75 Å². The van der Waals surface area contributed by atoms with E-state index < -0.39 is 34.3 Å². The van der Waals surface area contributed by atoms with E-state index >= 15 is 0 Å². The van der Waals surface area contributed by atoms with Gasteiger partial charge in [-0.3, -0.25) is 13.9 Å². The van der Waals surface area contributed by atoms with Gasteiger partial charge in [0, 0.05) is 13.1 Å². The van der Waals surface area contributed by atoms with Crippen LogP contribution in [0, 0.1) is 11.7 Å². The molecule has 0 aliphatic heterocycles. The Labute approximate surface area is 256 Å². The third-order valence-corrected chi connectivity index (χ3v) is 8.98. The minimum absolute atomic E-state index is 0.0385. The molecular formula is C30H34Cl2FN3O5S. The molecule has 1 N–H and O–H groups in total. The number of hydrogen-bond acceptors (Lipinski definition) is 5. The van der Waals surface area contributed by atoms with Crippen molar-refractivity contribution >= 4 is 50.7 Å². The van der Waals surface area contributed by atoms with Gasteiger partial charge >= 0.3 is 0 Å². The van der Waals surface area contributed by atoms with Crippen LogP contribution in [0.15, 0.2) is 71.6 Å². The van der Waals surface area contributed by atoms with Crippen molar-refractivity contribution in [2.24, 2.45) is 5.92 Å². The number of amides is 2. The van der Waals surface area contributed by atoms with E-state index in [0.717, 1.165) is 16.4 Å². The van der Waals surface area contributed by atoms with Gasteiger partial charge < -0.3 is 15.0 Å². The lowest BCUT2D eigenvalue weighted by atomic mass is 10.1. The Morgan fingerprint density at radius 1 is 0.976 bits per heavy atom. The van der Waals surface area contributed by atoms with E-state index in [1.165, 1.54) is 48.4 Å². The lowest BCUT2D eigenvalue weighted by Crippen LogP contribution is -2.52. The van der Waals surface area contributed by atoms with Crippen LogP contribution in [0.2, 0.25) is 10.0 Å². The van der Waals surface area contributed by atoms with E-state index in [9.17, 15) is 22.4 Å².